The molecule has 1 nitrogen and oxygen atoms in total. The molecule has 124 valence electrons. The van der Waals surface area contributed by atoms with Gasteiger partial charge in [0.2, 0.25) is 0 Å². The van der Waals surface area contributed by atoms with E-state index in [1.54, 1.807) is 11.6 Å². The van der Waals surface area contributed by atoms with Crippen LogP contribution in [0.2, 0.25) is 0 Å². The van der Waals surface area contributed by atoms with Crippen molar-refractivity contribution >= 4 is 6.29 Å². The van der Waals surface area contributed by atoms with E-state index < -0.39 is 0 Å². The summed E-state index contributed by atoms with van der Waals surface area (Å²) in [5.74, 6) is 0.721. The summed E-state index contributed by atoms with van der Waals surface area (Å²) in [5.41, 5.74) is 5.78. The Balaban J connectivity index is 2.16. The molecule has 0 heterocycles. The van der Waals surface area contributed by atoms with Crippen LogP contribution < -0.4 is 0 Å². The number of rotatable bonds is 6. The minimum Gasteiger partial charge on any atom is -0.299 e. The zero-order valence-corrected chi connectivity index (χ0v) is 15.1. The number of allylic oxidation sites excluding steroid dienone is 10. The summed E-state index contributed by atoms with van der Waals surface area (Å²) in [4.78, 5) is 10.5. The topological polar surface area (TPSA) is 17.1 Å². The van der Waals surface area contributed by atoms with Crippen LogP contribution in [0.1, 0.15) is 59.8 Å². The molecule has 1 fully saturated rings. The van der Waals surface area contributed by atoms with Crippen LogP contribution in [0.15, 0.2) is 58.7 Å². The third-order valence-electron chi connectivity index (χ3n) is 5.01. The van der Waals surface area contributed by atoms with E-state index in [4.69, 9.17) is 0 Å². The molecule has 0 amide bonds. The highest BCUT2D eigenvalue weighted by atomic mass is 16.1. The van der Waals surface area contributed by atoms with Crippen LogP contribution in [0.3, 0.4) is 0 Å². The Kier molecular flexibility index (Phi) is 5.98. The molecule has 2 rings (SSSR count). The van der Waals surface area contributed by atoms with E-state index in [0.29, 0.717) is 5.41 Å². The number of carbonyl (C=O) groups excluding carboxylic acids is 1. The fourth-order valence-corrected chi connectivity index (χ4v) is 3.41. The van der Waals surface area contributed by atoms with Gasteiger partial charge in [0.1, 0.15) is 6.29 Å². The van der Waals surface area contributed by atoms with Crippen LogP contribution in [0, 0.1) is 11.3 Å². The number of hydrogen-bond acceptors (Lipinski definition) is 1. The van der Waals surface area contributed by atoms with E-state index in [9.17, 15) is 4.79 Å². The first-order valence-electron chi connectivity index (χ1n) is 8.82. The maximum Gasteiger partial charge on any atom is 0.143 e. The molecule has 0 atom stereocenters. The van der Waals surface area contributed by atoms with Gasteiger partial charge in [-0.05, 0) is 80.1 Å². The first-order valence-corrected chi connectivity index (χ1v) is 8.82. The van der Waals surface area contributed by atoms with Crippen LogP contribution in [0.4, 0.5) is 0 Å². The molecule has 23 heavy (non-hydrogen) atoms. The predicted molar refractivity (Wildman–Crippen MR) is 99.2 cm³/mol. The van der Waals surface area contributed by atoms with Crippen molar-refractivity contribution in [1.29, 1.82) is 0 Å². The van der Waals surface area contributed by atoms with Gasteiger partial charge in [-0.25, -0.2) is 0 Å². The zero-order chi connectivity index (χ0) is 16.9. The molecule has 0 radical (unpaired) electrons. The summed E-state index contributed by atoms with van der Waals surface area (Å²) < 4.78 is 0. The lowest BCUT2D eigenvalue weighted by molar-refractivity contribution is -0.104. The summed E-state index contributed by atoms with van der Waals surface area (Å²) in [6.45, 7) is 8.96. The van der Waals surface area contributed by atoms with Gasteiger partial charge in [-0.3, -0.25) is 4.79 Å². The van der Waals surface area contributed by atoms with Crippen LogP contribution in [-0.4, -0.2) is 6.29 Å². The first kappa shape index (κ1) is 17.7. The number of carbonyl (C=O) groups is 1. The summed E-state index contributed by atoms with van der Waals surface area (Å²) in [5, 5.41) is 0. The Hall–Kier alpha value is -1.63. The molecule has 0 aromatic heterocycles. The van der Waals surface area contributed by atoms with Crippen molar-refractivity contribution in [3.63, 3.8) is 0 Å². The van der Waals surface area contributed by atoms with Crippen molar-refractivity contribution in [3.05, 3.63) is 58.7 Å². The van der Waals surface area contributed by atoms with Crippen molar-refractivity contribution in [2.45, 2.75) is 59.8 Å². The molecule has 0 aromatic rings. The Morgan fingerprint density at radius 1 is 1.17 bits per heavy atom. The molecular weight excluding hydrogens is 280 g/mol. The normalized spacial score (nSPS) is 23.1. The summed E-state index contributed by atoms with van der Waals surface area (Å²) in [7, 11) is 0. The maximum absolute atomic E-state index is 10.5. The lowest BCUT2D eigenvalue weighted by Gasteiger charge is -2.33. The monoisotopic (exact) mass is 310 g/mol. The van der Waals surface area contributed by atoms with Gasteiger partial charge in [-0.15, -0.1) is 0 Å². The highest BCUT2D eigenvalue weighted by Gasteiger charge is 2.28. The molecule has 2 aliphatic carbocycles. The second kappa shape index (κ2) is 7.77. The largest absolute Gasteiger partial charge is 0.299 e. The van der Waals surface area contributed by atoms with E-state index in [1.165, 1.54) is 43.3 Å². The minimum atomic E-state index is 0.298. The number of aldehydes is 1. The molecule has 0 bridgehead atoms. The van der Waals surface area contributed by atoms with Gasteiger partial charge in [0.05, 0.1) is 0 Å². The predicted octanol–water partition coefficient (Wildman–Crippen LogP) is 6.11. The van der Waals surface area contributed by atoms with Gasteiger partial charge in [-0.1, -0.05) is 49.8 Å². The van der Waals surface area contributed by atoms with Crippen molar-refractivity contribution < 1.29 is 4.79 Å². The summed E-state index contributed by atoms with van der Waals surface area (Å²) in [6.07, 6.45) is 19.8. The van der Waals surface area contributed by atoms with Crippen molar-refractivity contribution in [2.75, 3.05) is 0 Å². The lowest BCUT2D eigenvalue weighted by atomic mass is 9.72. The van der Waals surface area contributed by atoms with Gasteiger partial charge in [0.15, 0.2) is 0 Å². The highest BCUT2D eigenvalue weighted by molar-refractivity contribution is 5.67. The molecule has 0 unspecified atom stereocenters. The van der Waals surface area contributed by atoms with Crippen molar-refractivity contribution in [3.8, 4) is 0 Å². The van der Waals surface area contributed by atoms with E-state index in [1.807, 2.05) is 13.0 Å². The van der Waals surface area contributed by atoms with Gasteiger partial charge < -0.3 is 0 Å². The zero-order valence-electron chi connectivity index (χ0n) is 15.1. The Morgan fingerprint density at radius 3 is 2.52 bits per heavy atom. The Labute approximate surface area is 141 Å². The summed E-state index contributed by atoms with van der Waals surface area (Å²) in [6, 6.07) is 0. The minimum absolute atomic E-state index is 0.298. The highest BCUT2D eigenvalue weighted by Crippen LogP contribution is 2.42. The second-order valence-electron chi connectivity index (χ2n) is 7.61. The molecule has 0 N–H and O–H groups in total. The molecule has 2 aliphatic rings. The van der Waals surface area contributed by atoms with E-state index >= 15 is 0 Å². The molecular formula is C22H30O. The average Bonchev–Trinajstić information content (AvgIpc) is 3.29. The standard InChI is InChI=1S/C22H30O/c1-17(14-16-23)7-5-9-19(20-10-11-20)12-13-21-18(2)8-6-15-22(21,3)4/h5,7,9,12-14,16,20H,6,8,10-11,15H2,1-4H3/b7-5+,13-12+,17-14+,19-9+. The second-order valence-corrected chi connectivity index (χ2v) is 7.61. The SMILES string of the molecule is CC1=C(/C=C/C(=C\C=C\C(C)=C\C=O)C2CC2)C(C)(C)CCC1. The third kappa shape index (κ3) is 5.20. The van der Waals surface area contributed by atoms with Gasteiger partial charge in [0, 0.05) is 0 Å². The average molecular weight is 310 g/mol. The van der Waals surface area contributed by atoms with Crippen LogP contribution >= 0.6 is 0 Å². The van der Waals surface area contributed by atoms with Crippen LogP contribution in [-0.2, 0) is 4.79 Å². The Morgan fingerprint density at radius 2 is 1.91 bits per heavy atom. The fourth-order valence-electron chi connectivity index (χ4n) is 3.41. The van der Waals surface area contributed by atoms with E-state index in [2.05, 4.69) is 45.1 Å². The van der Waals surface area contributed by atoms with Crippen LogP contribution in [0.25, 0.3) is 0 Å². The molecule has 0 saturated heterocycles. The van der Waals surface area contributed by atoms with Crippen molar-refractivity contribution in [1.82, 2.24) is 0 Å². The Bertz CT molecular complexity index is 589. The first-order chi connectivity index (χ1) is 10.9. The van der Waals surface area contributed by atoms with Crippen molar-refractivity contribution in [2.24, 2.45) is 11.3 Å². The van der Waals surface area contributed by atoms with E-state index in [-0.39, 0.29) is 0 Å². The van der Waals surface area contributed by atoms with Gasteiger partial charge in [0.25, 0.3) is 0 Å². The smallest absolute Gasteiger partial charge is 0.143 e. The summed E-state index contributed by atoms with van der Waals surface area (Å²) >= 11 is 0. The molecule has 0 spiro atoms. The quantitative estimate of drug-likeness (QED) is 0.329. The maximum atomic E-state index is 10.5. The van der Waals surface area contributed by atoms with Crippen LogP contribution in [0.5, 0.6) is 0 Å². The molecule has 1 saturated carbocycles. The lowest BCUT2D eigenvalue weighted by Crippen LogP contribution is -2.19. The van der Waals surface area contributed by atoms with Gasteiger partial charge >= 0.3 is 0 Å². The molecule has 1 heteroatoms. The molecule has 0 aromatic carbocycles. The third-order valence-corrected chi connectivity index (χ3v) is 5.01. The number of hydrogen-bond donors (Lipinski definition) is 0. The van der Waals surface area contributed by atoms with Gasteiger partial charge in [-0.2, -0.15) is 0 Å². The fraction of sp³-hybridized carbons (Fsp3) is 0.500. The van der Waals surface area contributed by atoms with E-state index in [0.717, 1.165) is 17.8 Å². The molecule has 0 aliphatic heterocycles.